The van der Waals surface area contributed by atoms with Crippen molar-refractivity contribution in [2.45, 2.75) is 26.3 Å². The first-order valence-corrected chi connectivity index (χ1v) is 6.85. The number of nitrogens with one attached hydrogen (secondary N) is 1. The normalized spacial score (nSPS) is 19.4. The quantitative estimate of drug-likeness (QED) is 0.904. The summed E-state index contributed by atoms with van der Waals surface area (Å²) in [4.78, 5) is 16.1. The predicted molar refractivity (Wildman–Crippen MR) is 79.7 cm³/mol. The maximum Gasteiger partial charge on any atom is 0.324 e. The molecule has 0 bridgehead atoms. The van der Waals surface area contributed by atoms with Gasteiger partial charge in [-0.2, -0.15) is 0 Å². The van der Waals surface area contributed by atoms with Gasteiger partial charge in [-0.3, -0.25) is 4.90 Å². The lowest BCUT2D eigenvalue weighted by Gasteiger charge is -2.19. The lowest BCUT2D eigenvalue weighted by Crippen LogP contribution is -2.31. The summed E-state index contributed by atoms with van der Waals surface area (Å²) in [6.45, 7) is 5.17. The van der Waals surface area contributed by atoms with Gasteiger partial charge < -0.3 is 10.2 Å². The third-order valence-electron chi connectivity index (χ3n) is 3.66. The van der Waals surface area contributed by atoms with Crippen LogP contribution in [0.1, 0.15) is 20.3 Å². The van der Waals surface area contributed by atoms with E-state index in [1.807, 2.05) is 48.2 Å². The molecule has 1 aliphatic rings. The molecule has 1 atom stereocenters. The molecular formula is C15H23N3O. The van der Waals surface area contributed by atoms with E-state index < -0.39 is 0 Å². The van der Waals surface area contributed by atoms with E-state index in [0.717, 1.165) is 24.3 Å². The van der Waals surface area contributed by atoms with Crippen LogP contribution in [-0.4, -0.2) is 37.6 Å². The van der Waals surface area contributed by atoms with Crippen molar-refractivity contribution in [2.24, 2.45) is 5.92 Å². The molecular weight excluding hydrogens is 238 g/mol. The van der Waals surface area contributed by atoms with Gasteiger partial charge in [0.25, 0.3) is 0 Å². The minimum atomic E-state index is 0.0962. The average molecular weight is 261 g/mol. The number of hydrogen-bond donors (Lipinski definition) is 1. The van der Waals surface area contributed by atoms with E-state index in [9.17, 15) is 4.79 Å². The zero-order chi connectivity index (χ0) is 14.0. The van der Waals surface area contributed by atoms with Gasteiger partial charge in [0.15, 0.2) is 0 Å². The first-order chi connectivity index (χ1) is 9.02. The molecule has 1 heterocycles. The fraction of sp³-hybridized carbons (Fsp3) is 0.533. The molecule has 4 nitrogen and oxygen atoms in total. The smallest absolute Gasteiger partial charge is 0.324 e. The molecule has 1 aromatic carbocycles. The molecule has 4 heteroatoms. The van der Waals surface area contributed by atoms with Crippen LogP contribution < -0.4 is 10.2 Å². The van der Waals surface area contributed by atoms with Gasteiger partial charge in [-0.15, -0.1) is 0 Å². The Kier molecular flexibility index (Phi) is 3.98. The molecule has 1 fully saturated rings. The number of urea groups is 1. The summed E-state index contributed by atoms with van der Waals surface area (Å²) < 4.78 is 0. The molecule has 0 aromatic heterocycles. The van der Waals surface area contributed by atoms with E-state index in [0.29, 0.717) is 12.0 Å². The van der Waals surface area contributed by atoms with Crippen LogP contribution in [0.4, 0.5) is 16.2 Å². The minimum absolute atomic E-state index is 0.0962. The maximum absolute atomic E-state index is 12.3. The van der Waals surface area contributed by atoms with Crippen molar-refractivity contribution in [1.82, 2.24) is 4.90 Å². The second-order valence-electron chi connectivity index (χ2n) is 5.59. The molecule has 1 aromatic rings. The highest BCUT2D eigenvalue weighted by Crippen LogP contribution is 2.27. The van der Waals surface area contributed by atoms with Crippen molar-refractivity contribution >= 4 is 17.4 Å². The molecule has 2 rings (SSSR count). The molecule has 1 saturated heterocycles. The summed E-state index contributed by atoms with van der Waals surface area (Å²) >= 11 is 0. The van der Waals surface area contributed by atoms with Gasteiger partial charge in [-0.25, -0.2) is 4.79 Å². The largest absolute Gasteiger partial charge is 0.388 e. The van der Waals surface area contributed by atoms with Crippen LogP contribution in [0.25, 0.3) is 0 Å². The van der Waals surface area contributed by atoms with Crippen LogP contribution >= 0.6 is 0 Å². The number of hydrogen-bond acceptors (Lipinski definition) is 2. The topological polar surface area (TPSA) is 35.6 Å². The Morgan fingerprint density at radius 3 is 2.79 bits per heavy atom. The monoisotopic (exact) mass is 261 g/mol. The molecule has 104 valence electrons. The Labute approximate surface area is 115 Å². The zero-order valence-electron chi connectivity index (χ0n) is 12.2. The van der Waals surface area contributed by atoms with Gasteiger partial charge in [0.05, 0.1) is 6.04 Å². The van der Waals surface area contributed by atoms with Crippen LogP contribution in [0.3, 0.4) is 0 Å². The van der Waals surface area contributed by atoms with Gasteiger partial charge in [0.1, 0.15) is 0 Å². The van der Waals surface area contributed by atoms with Crippen LogP contribution in [0.5, 0.6) is 0 Å². The summed E-state index contributed by atoms with van der Waals surface area (Å²) in [7, 11) is 3.79. The van der Waals surface area contributed by atoms with Crippen LogP contribution in [0.2, 0.25) is 0 Å². The van der Waals surface area contributed by atoms with E-state index in [1.165, 1.54) is 0 Å². The lowest BCUT2D eigenvalue weighted by molar-refractivity contribution is 0.213. The number of rotatable bonds is 4. The van der Waals surface area contributed by atoms with Gasteiger partial charge in [0, 0.05) is 32.0 Å². The van der Waals surface area contributed by atoms with E-state index in [1.54, 1.807) is 0 Å². The highest BCUT2D eigenvalue weighted by molar-refractivity contribution is 5.94. The first-order valence-electron chi connectivity index (χ1n) is 6.85. The number of likely N-dealkylation sites (N-methyl/N-ethyl adjacent to an activating group) is 1. The Morgan fingerprint density at radius 2 is 2.16 bits per heavy atom. The van der Waals surface area contributed by atoms with Crippen molar-refractivity contribution in [2.75, 3.05) is 30.9 Å². The Bertz CT molecular complexity index is 458. The maximum atomic E-state index is 12.3. The number of carbonyl (C=O) groups is 1. The lowest BCUT2D eigenvalue weighted by atomic mass is 10.0. The van der Waals surface area contributed by atoms with Crippen molar-refractivity contribution in [3.05, 3.63) is 24.3 Å². The highest BCUT2D eigenvalue weighted by Gasteiger charge is 2.35. The molecule has 2 amide bonds. The third-order valence-corrected chi connectivity index (χ3v) is 3.66. The molecule has 1 N–H and O–H groups in total. The van der Waals surface area contributed by atoms with E-state index in [2.05, 4.69) is 19.2 Å². The average Bonchev–Trinajstić information content (AvgIpc) is 2.67. The molecule has 0 spiro atoms. The summed E-state index contributed by atoms with van der Waals surface area (Å²) in [6, 6.07) is 8.39. The SMILES string of the molecule is CNc1cccc(N2CC(CC(C)C)N(C)C2=O)c1. The Balaban J connectivity index is 2.18. The van der Waals surface area contributed by atoms with Crippen molar-refractivity contribution in [1.29, 1.82) is 0 Å². The Hall–Kier alpha value is -1.71. The second kappa shape index (κ2) is 5.51. The van der Waals surface area contributed by atoms with E-state index in [4.69, 9.17) is 0 Å². The van der Waals surface area contributed by atoms with Gasteiger partial charge >= 0.3 is 6.03 Å². The number of nitrogens with zero attached hydrogens (tertiary/aromatic N) is 2. The zero-order valence-corrected chi connectivity index (χ0v) is 12.2. The molecule has 1 unspecified atom stereocenters. The first kappa shape index (κ1) is 13.7. The van der Waals surface area contributed by atoms with E-state index >= 15 is 0 Å². The van der Waals surface area contributed by atoms with Crippen LogP contribution in [0, 0.1) is 5.92 Å². The molecule has 0 aliphatic carbocycles. The van der Waals surface area contributed by atoms with Crippen molar-refractivity contribution in [3.63, 3.8) is 0 Å². The molecule has 0 radical (unpaired) electrons. The van der Waals surface area contributed by atoms with Crippen molar-refractivity contribution < 1.29 is 4.79 Å². The van der Waals surface area contributed by atoms with E-state index in [-0.39, 0.29) is 6.03 Å². The predicted octanol–water partition coefficient (Wildman–Crippen LogP) is 3.01. The summed E-state index contributed by atoms with van der Waals surface area (Å²) in [6.07, 6.45) is 1.05. The molecule has 1 aliphatic heterocycles. The summed E-state index contributed by atoms with van der Waals surface area (Å²) in [5.41, 5.74) is 2.00. The summed E-state index contributed by atoms with van der Waals surface area (Å²) in [5.74, 6) is 0.601. The number of carbonyl (C=O) groups excluding carboxylic acids is 1. The Morgan fingerprint density at radius 1 is 1.42 bits per heavy atom. The fourth-order valence-electron chi connectivity index (χ4n) is 2.58. The van der Waals surface area contributed by atoms with Gasteiger partial charge in [-0.05, 0) is 30.5 Å². The van der Waals surface area contributed by atoms with Gasteiger partial charge in [-0.1, -0.05) is 19.9 Å². The molecule has 19 heavy (non-hydrogen) atoms. The standard InChI is InChI=1S/C15H23N3O/c1-11(2)8-14-10-18(15(19)17(14)4)13-7-5-6-12(9-13)16-3/h5-7,9,11,14,16H,8,10H2,1-4H3. The fourth-order valence-corrected chi connectivity index (χ4v) is 2.58. The second-order valence-corrected chi connectivity index (χ2v) is 5.59. The number of anilines is 2. The third kappa shape index (κ3) is 2.83. The van der Waals surface area contributed by atoms with Crippen molar-refractivity contribution in [3.8, 4) is 0 Å². The molecule has 0 saturated carbocycles. The van der Waals surface area contributed by atoms with Crippen LogP contribution in [-0.2, 0) is 0 Å². The minimum Gasteiger partial charge on any atom is -0.388 e. The number of amides is 2. The van der Waals surface area contributed by atoms with Crippen LogP contribution in [0.15, 0.2) is 24.3 Å². The summed E-state index contributed by atoms with van der Waals surface area (Å²) in [5, 5.41) is 3.11. The van der Waals surface area contributed by atoms with Gasteiger partial charge in [0.2, 0.25) is 0 Å². The highest BCUT2D eigenvalue weighted by atomic mass is 16.2. The number of benzene rings is 1.